The number of amides is 2. The summed E-state index contributed by atoms with van der Waals surface area (Å²) < 4.78 is 38.8. The van der Waals surface area contributed by atoms with E-state index in [0.717, 1.165) is 22.5 Å². The molecule has 0 saturated heterocycles. The first-order chi connectivity index (χ1) is 16.8. The summed E-state index contributed by atoms with van der Waals surface area (Å²) in [6.45, 7) is -0.0327. The second-order valence-electron chi connectivity index (χ2n) is 7.48. The van der Waals surface area contributed by atoms with Gasteiger partial charge in [0.2, 0.25) is 11.7 Å². The number of hydrogen-bond donors (Lipinski definition) is 2. The standard InChI is InChI=1S/C24H19F3N6O2/c25-24(26,27)18-10-6-9-17(13-18)22-30-32-33(31-22)15-21(34)29-20-12-5-4-11-19(20)23(35)28-14-16-7-2-1-3-8-16/h1-13H,14-15H2,(H,28,35)(H,29,34). The molecule has 1 heterocycles. The van der Waals surface area contributed by atoms with Crippen molar-refractivity contribution in [2.24, 2.45) is 0 Å². The van der Waals surface area contributed by atoms with Crippen LogP contribution in [-0.2, 0) is 24.1 Å². The quantitative estimate of drug-likeness (QED) is 0.418. The van der Waals surface area contributed by atoms with Crippen LogP contribution in [0.15, 0.2) is 78.9 Å². The lowest BCUT2D eigenvalue weighted by atomic mass is 10.1. The Hall–Kier alpha value is -4.54. The van der Waals surface area contributed by atoms with Gasteiger partial charge in [-0.25, -0.2) is 0 Å². The molecule has 0 saturated carbocycles. The third-order valence-corrected chi connectivity index (χ3v) is 4.93. The Balaban J connectivity index is 1.41. The first-order valence-corrected chi connectivity index (χ1v) is 10.5. The van der Waals surface area contributed by atoms with Gasteiger partial charge < -0.3 is 10.6 Å². The van der Waals surface area contributed by atoms with E-state index in [2.05, 4.69) is 26.0 Å². The molecule has 0 unspecified atom stereocenters. The van der Waals surface area contributed by atoms with E-state index in [1.54, 1.807) is 24.3 Å². The predicted molar refractivity (Wildman–Crippen MR) is 121 cm³/mol. The number of alkyl halides is 3. The molecule has 0 aliphatic heterocycles. The van der Waals surface area contributed by atoms with Crippen LogP contribution >= 0.6 is 0 Å². The molecule has 3 aromatic carbocycles. The molecule has 2 amide bonds. The Bertz CT molecular complexity index is 1340. The van der Waals surface area contributed by atoms with Crippen molar-refractivity contribution in [3.63, 3.8) is 0 Å². The highest BCUT2D eigenvalue weighted by molar-refractivity contribution is 6.03. The molecule has 2 N–H and O–H groups in total. The van der Waals surface area contributed by atoms with Crippen LogP contribution in [0.25, 0.3) is 11.4 Å². The zero-order valence-electron chi connectivity index (χ0n) is 18.2. The molecule has 1 aromatic heterocycles. The monoisotopic (exact) mass is 480 g/mol. The number of halogens is 3. The lowest BCUT2D eigenvalue weighted by molar-refractivity contribution is -0.137. The number of hydrogen-bond acceptors (Lipinski definition) is 5. The van der Waals surface area contributed by atoms with Gasteiger partial charge in [0.15, 0.2) is 0 Å². The van der Waals surface area contributed by atoms with Gasteiger partial charge in [0, 0.05) is 12.1 Å². The lowest BCUT2D eigenvalue weighted by Gasteiger charge is -2.11. The molecule has 0 fully saturated rings. The number of rotatable bonds is 7. The van der Waals surface area contributed by atoms with Gasteiger partial charge in [-0.2, -0.15) is 18.0 Å². The Morgan fingerprint density at radius 3 is 2.43 bits per heavy atom. The summed E-state index contributed by atoms with van der Waals surface area (Å²) >= 11 is 0. The summed E-state index contributed by atoms with van der Waals surface area (Å²) in [6, 6.07) is 20.4. The van der Waals surface area contributed by atoms with Crippen LogP contribution in [0.5, 0.6) is 0 Å². The third-order valence-electron chi connectivity index (χ3n) is 4.93. The molecule has 0 atom stereocenters. The van der Waals surface area contributed by atoms with Crippen molar-refractivity contribution in [2.75, 3.05) is 5.32 Å². The van der Waals surface area contributed by atoms with Gasteiger partial charge in [-0.05, 0) is 35.0 Å². The van der Waals surface area contributed by atoms with Crippen LogP contribution < -0.4 is 10.6 Å². The second-order valence-corrected chi connectivity index (χ2v) is 7.48. The van der Waals surface area contributed by atoms with Crippen LogP contribution in [0.1, 0.15) is 21.5 Å². The van der Waals surface area contributed by atoms with Gasteiger partial charge >= 0.3 is 6.18 Å². The maximum atomic E-state index is 12.9. The van der Waals surface area contributed by atoms with E-state index in [1.807, 2.05) is 30.3 Å². The van der Waals surface area contributed by atoms with Crippen molar-refractivity contribution in [1.82, 2.24) is 25.5 Å². The number of carbonyl (C=O) groups excluding carboxylic acids is 2. The van der Waals surface area contributed by atoms with Crippen LogP contribution in [0, 0.1) is 0 Å². The van der Waals surface area contributed by atoms with E-state index in [1.165, 1.54) is 12.1 Å². The summed E-state index contributed by atoms with van der Waals surface area (Å²) in [5.74, 6) is -0.957. The highest BCUT2D eigenvalue weighted by Crippen LogP contribution is 2.31. The molecule has 0 spiro atoms. The van der Waals surface area contributed by atoms with Crippen molar-refractivity contribution in [3.05, 3.63) is 95.6 Å². The normalized spacial score (nSPS) is 11.2. The van der Waals surface area contributed by atoms with Crippen molar-refractivity contribution in [1.29, 1.82) is 0 Å². The Morgan fingerprint density at radius 2 is 1.66 bits per heavy atom. The topological polar surface area (TPSA) is 102 Å². The third kappa shape index (κ3) is 6.08. The number of benzene rings is 3. The summed E-state index contributed by atoms with van der Waals surface area (Å²) in [4.78, 5) is 26.2. The molecule has 35 heavy (non-hydrogen) atoms. The molecule has 178 valence electrons. The van der Waals surface area contributed by atoms with Gasteiger partial charge in [-0.15, -0.1) is 10.2 Å². The fourth-order valence-electron chi connectivity index (χ4n) is 3.24. The van der Waals surface area contributed by atoms with E-state index >= 15 is 0 Å². The first-order valence-electron chi connectivity index (χ1n) is 10.5. The number of nitrogens with zero attached hydrogens (tertiary/aromatic N) is 4. The smallest absolute Gasteiger partial charge is 0.348 e. The second kappa shape index (κ2) is 10.2. The highest BCUT2D eigenvalue weighted by Gasteiger charge is 2.30. The number of para-hydroxylation sites is 1. The molecule has 11 heteroatoms. The van der Waals surface area contributed by atoms with Gasteiger partial charge in [0.05, 0.1) is 16.8 Å². The first kappa shape index (κ1) is 23.6. The molecule has 0 radical (unpaired) electrons. The minimum absolute atomic E-state index is 0.0513. The molecular formula is C24H19F3N6O2. The van der Waals surface area contributed by atoms with Gasteiger partial charge in [-0.3, -0.25) is 9.59 Å². The maximum Gasteiger partial charge on any atom is 0.416 e. The largest absolute Gasteiger partial charge is 0.416 e. The van der Waals surface area contributed by atoms with Crippen molar-refractivity contribution in [3.8, 4) is 11.4 Å². The lowest BCUT2D eigenvalue weighted by Crippen LogP contribution is -2.26. The maximum absolute atomic E-state index is 12.9. The van der Waals surface area contributed by atoms with E-state index in [9.17, 15) is 22.8 Å². The predicted octanol–water partition coefficient (Wildman–Crippen LogP) is 3.93. The fourth-order valence-corrected chi connectivity index (χ4v) is 3.24. The zero-order valence-corrected chi connectivity index (χ0v) is 18.2. The van der Waals surface area contributed by atoms with Crippen LogP contribution in [-0.4, -0.2) is 32.0 Å². The zero-order chi connectivity index (χ0) is 24.8. The van der Waals surface area contributed by atoms with E-state index in [4.69, 9.17) is 0 Å². The number of tetrazole rings is 1. The SMILES string of the molecule is O=C(Cn1nnc(-c2cccc(C(F)(F)F)c2)n1)Nc1ccccc1C(=O)NCc1ccccc1. The highest BCUT2D eigenvalue weighted by atomic mass is 19.4. The summed E-state index contributed by atoms with van der Waals surface area (Å²) in [5, 5.41) is 16.9. The van der Waals surface area contributed by atoms with E-state index < -0.39 is 17.6 Å². The van der Waals surface area contributed by atoms with E-state index in [-0.39, 0.29) is 29.4 Å². The summed E-state index contributed by atoms with van der Waals surface area (Å²) in [5.41, 5.74) is 0.767. The molecule has 4 aromatic rings. The molecule has 8 nitrogen and oxygen atoms in total. The van der Waals surface area contributed by atoms with Crippen LogP contribution in [0.3, 0.4) is 0 Å². The minimum Gasteiger partial charge on any atom is -0.348 e. The van der Waals surface area contributed by atoms with E-state index in [0.29, 0.717) is 12.2 Å². The Labute approximate surface area is 197 Å². The fraction of sp³-hybridized carbons (Fsp3) is 0.125. The number of carbonyl (C=O) groups is 2. The minimum atomic E-state index is -4.51. The molecule has 0 aliphatic carbocycles. The van der Waals surface area contributed by atoms with Crippen LogP contribution in [0.2, 0.25) is 0 Å². The summed E-state index contributed by atoms with van der Waals surface area (Å²) in [6.07, 6.45) is -4.51. The van der Waals surface area contributed by atoms with Gasteiger partial charge in [0.1, 0.15) is 6.54 Å². The molecule has 4 rings (SSSR count). The van der Waals surface area contributed by atoms with Crippen LogP contribution in [0.4, 0.5) is 18.9 Å². The molecule has 0 bridgehead atoms. The van der Waals surface area contributed by atoms with Crippen molar-refractivity contribution < 1.29 is 22.8 Å². The van der Waals surface area contributed by atoms with Crippen molar-refractivity contribution in [2.45, 2.75) is 19.3 Å². The number of aromatic nitrogens is 4. The van der Waals surface area contributed by atoms with Gasteiger partial charge in [0.25, 0.3) is 5.91 Å². The number of nitrogens with one attached hydrogen (secondary N) is 2. The van der Waals surface area contributed by atoms with Gasteiger partial charge in [-0.1, -0.05) is 54.6 Å². The average molecular weight is 480 g/mol. The average Bonchev–Trinajstić information content (AvgIpc) is 3.31. The molecule has 0 aliphatic rings. The van der Waals surface area contributed by atoms with Crippen molar-refractivity contribution >= 4 is 17.5 Å². The molecular weight excluding hydrogens is 461 g/mol. The number of anilines is 1. The summed E-state index contributed by atoms with van der Waals surface area (Å²) in [7, 11) is 0. The Morgan fingerprint density at radius 1 is 0.914 bits per heavy atom. The Kier molecular flexibility index (Phi) is 6.86.